The molecular weight excluding hydrogens is 493 g/mol. The molecule has 1 N–H and O–H groups in total. The van der Waals surface area contributed by atoms with Crippen LogP contribution < -0.4 is 10.2 Å². The lowest BCUT2D eigenvalue weighted by molar-refractivity contribution is -0.120. The molecule has 1 amide bonds. The van der Waals surface area contributed by atoms with Gasteiger partial charge in [-0.2, -0.15) is 5.10 Å². The van der Waals surface area contributed by atoms with Gasteiger partial charge in [-0.25, -0.2) is 8.78 Å². The van der Waals surface area contributed by atoms with Crippen LogP contribution in [0.2, 0.25) is 0 Å². The van der Waals surface area contributed by atoms with Crippen LogP contribution in [0.5, 0.6) is 0 Å². The van der Waals surface area contributed by atoms with Crippen LogP contribution in [0, 0.1) is 11.6 Å². The van der Waals surface area contributed by atoms with Gasteiger partial charge in [0.1, 0.15) is 6.54 Å². The van der Waals surface area contributed by atoms with Crippen LogP contribution in [0.25, 0.3) is 0 Å². The van der Waals surface area contributed by atoms with E-state index < -0.39 is 11.6 Å². The third kappa shape index (κ3) is 5.43. The van der Waals surface area contributed by atoms with Gasteiger partial charge in [-0.1, -0.05) is 13.0 Å². The highest BCUT2D eigenvalue weighted by molar-refractivity contribution is 14.0. The number of aryl methyl sites for hydroxylation is 1. The number of hydrogen-bond acceptors (Lipinski definition) is 3. The topological polar surface area (TPSA) is 65.8 Å². The lowest BCUT2D eigenvalue weighted by atomic mass is 10.0. The number of aliphatic imine (C=N–C) groups is 1. The Morgan fingerprint density at radius 1 is 1.31 bits per heavy atom. The molecule has 2 aromatic rings. The Kier molecular flexibility index (Phi) is 7.94. The Morgan fingerprint density at radius 2 is 2.07 bits per heavy atom. The van der Waals surface area contributed by atoms with Gasteiger partial charge >= 0.3 is 0 Å². The second-order valence-corrected chi connectivity index (χ2v) is 6.84. The lowest BCUT2D eigenvalue weighted by Gasteiger charge is -2.35. The molecule has 0 saturated carbocycles. The van der Waals surface area contributed by atoms with Crippen LogP contribution >= 0.6 is 24.0 Å². The quantitative estimate of drug-likeness (QED) is 0.384. The maximum Gasteiger partial charge on any atom is 0.246 e. The number of benzene rings is 1. The third-order valence-corrected chi connectivity index (χ3v) is 4.81. The molecule has 1 unspecified atom stereocenters. The van der Waals surface area contributed by atoms with Crippen LogP contribution in [-0.4, -0.2) is 59.8 Å². The Hall–Kier alpha value is -2.24. The first-order chi connectivity index (χ1) is 13.4. The molecule has 1 aromatic heterocycles. The number of hydrogen-bond donors (Lipinski definition) is 1. The average Bonchev–Trinajstić information content (AvgIpc) is 3.10. The first-order valence-corrected chi connectivity index (χ1v) is 9.08. The number of amides is 1. The maximum absolute atomic E-state index is 13.4. The van der Waals surface area contributed by atoms with Gasteiger partial charge in [0.25, 0.3) is 0 Å². The minimum atomic E-state index is -0.857. The van der Waals surface area contributed by atoms with Crippen molar-refractivity contribution in [2.75, 3.05) is 38.1 Å². The summed E-state index contributed by atoms with van der Waals surface area (Å²) in [6.07, 6.45) is 3.48. The molecular formula is C19H25F2IN6O. The monoisotopic (exact) mass is 518 g/mol. The fraction of sp³-hybridized carbons (Fsp3) is 0.421. The molecule has 29 heavy (non-hydrogen) atoms. The van der Waals surface area contributed by atoms with Gasteiger partial charge in [0.2, 0.25) is 5.91 Å². The molecule has 1 fully saturated rings. The first-order valence-electron chi connectivity index (χ1n) is 9.08. The summed E-state index contributed by atoms with van der Waals surface area (Å²) in [5.74, 6) is -1.20. The minimum absolute atomic E-state index is 0. The predicted octanol–water partition coefficient (Wildman–Crippen LogP) is 2.34. The van der Waals surface area contributed by atoms with Gasteiger partial charge in [0, 0.05) is 39.9 Å². The Labute approximate surface area is 185 Å². The average molecular weight is 518 g/mol. The van der Waals surface area contributed by atoms with Crippen molar-refractivity contribution in [2.45, 2.75) is 12.8 Å². The second kappa shape index (κ2) is 9.99. The lowest BCUT2D eigenvalue weighted by Crippen LogP contribution is -2.55. The first kappa shape index (κ1) is 23.0. The molecule has 0 spiro atoms. The number of rotatable bonds is 4. The van der Waals surface area contributed by atoms with Crippen molar-refractivity contribution < 1.29 is 13.6 Å². The predicted molar refractivity (Wildman–Crippen MR) is 119 cm³/mol. The number of halogens is 3. The molecule has 1 atom stereocenters. The van der Waals surface area contributed by atoms with Crippen molar-refractivity contribution in [2.24, 2.45) is 12.0 Å². The van der Waals surface area contributed by atoms with Gasteiger partial charge in [-0.05, 0) is 23.6 Å². The normalized spacial score (nSPS) is 15.9. The maximum atomic E-state index is 13.4. The van der Waals surface area contributed by atoms with E-state index in [1.165, 1.54) is 6.07 Å². The fourth-order valence-electron chi connectivity index (χ4n) is 3.19. The van der Waals surface area contributed by atoms with Crippen LogP contribution in [0.15, 0.2) is 35.6 Å². The molecule has 1 aliphatic heterocycles. The molecule has 0 bridgehead atoms. The number of carbonyl (C=O) groups excluding carboxylic acids is 1. The van der Waals surface area contributed by atoms with Crippen molar-refractivity contribution in [3.05, 3.63) is 47.8 Å². The molecule has 158 valence electrons. The molecule has 0 radical (unpaired) electrons. The molecule has 1 aromatic carbocycles. The molecule has 7 nitrogen and oxygen atoms in total. The highest BCUT2D eigenvalue weighted by Gasteiger charge is 2.27. The number of guanidine groups is 1. The van der Waals surface area contributed by atoms with E-state index >= 15 is 0 Å². The summed E-state index contributed by atoms with van der Waals surface area (Å²) in [4.78, 5) is 20.4. The van der Waals surface area contributed by atoms with E-state index in [9.17, 15) is 13.6 Å². The van der Waals surface area contributed by atoms with E-state index in [0.29, 0.717) is 31.2 Å². The highest BCUT2D eigenvalue weighted by atomic mass is 127. The van der Waals surface area contributed by atoms with E-state index in [2.05, 4.69) is 15.4 Å². The minimum Gasteiger partial charge on any atom is -0.356 e. The zero-order valence-corrected chi connectivity index (χ0v) is 18.9. The summed E-state index contributed by atoms with van der Waals surface area (Å²) < 4.78 is 28.2. The highest BCUT2D eigenvalue weighted by Crippen LogP contribution is 2.18. The van der Waals surface area contributed by atoms with Crippen molar-refractivity contribution in [1.82, 2.24) is 20.0 Å². The van der Waals surface area contributed by atoms with E-state index in [1.54, 1.807) is 28.9 Å². The number of nitrogens with zero attached hydrogens (tertiary/aromatic N) is 5. The fourth-order valence-corrected chi connectivity index (χ4v) is 3.19. The molecule has 10 heteroatoms. The van der Waals surface area contributed by atoms with E-state index in [0.717, 1.165) is 11.8 Å². The van der Waals surface area contributed by atoms with Crippen molar-refractivity contribution in [1.29, 1.82) is 0 Å². The van der Waals surface area contributed by atoms with Crippen LogP contribution in [0.4, 0.5) is 14.5 Å². The van der Waals surface area contributed by atoms with Crippen molar-refractivity contribution in [3.8, 4) is 0 Å². The Balaban J connectivity index is 0.00000300. The molecule has 2 heterocycles. The number of anilines is 1. The van der Waals surface area contributed by atoms with Crippen LogP contribution in [0.1, 0.15) is 18.4 Å². The number of aromatic nitrogens is 2. The number of nitrogens with one attached hydrogen (secondary N) is 1. The number of carbonyl (C=O) groups is 1. The third-order valence-electron chi connectivity index (χ3n) is 4.81. The molecule has 1 aliphatic rings. The summed E-state index contributed by atoms with van der Waals surface area (Å²) in [6.45, 7) is 3.76. The largest absolute Gasteiger partial charge is 0.356 e. The Bertz CT molecular complexity index is 887. The van der Waals surface area contributed by atoms with Crippen LogP contribution in [0.3, 0.4) is 0 Å². The van der Waals surface area contributed by atoms with Crippen LogP contribution in [-0.2, 0) is 11.8 Å². The zero-order valence-electron chi connectivity index (χ0n) is 16.6. The van der Waals surface area contributed by atoms with Crippen molar-refractivity contribution in [3.63, 3.8) is 0 Å². The summed E-state index contributed by atoms with van der Waals surface area (Å²) in [5.41, 5.74) is 1.47. The zero-order chi connectivity index (χ0) is 20.3. The van der Waals surface area contributed by atoms with Gasteiger partial charge in [0.15, 0.2) is 17.6 Å². The van der Waals surface area contributed by atoms with E-state index in [4.69, 9.17) is 0 Å². The summed E-state index contributed by atoms with van der Waals surface area (Å²) in [7, 11) is 3.46. The van der Waals surface area contributed by atoms with Gasteiger partial charge in [0.05, 0.1) is 11.9 Å². The van der Waals surface area contributed by atoms with Gasteiger partial charge in [-0.3, -0.25) is 14.5 Å². The summed E-state index contributed by atoms with van der Waals surface area (Å²) >= 11 is 0. The molecule has 0 aliphatic carbocycles. The van der Waals surface area contributed by atoms with E-state index in [1.807, 2.05) is 25.1 Å². The Morgan fingerprint density at radius 3 is 2.66 bits per heavy atom. The van der Waals surface area contributed by atoms with Crippen molar-refractivity contribution >= 4 is 41.5 Å². The van der Waals surface area contributed by atoms with Gasteiger partial charge < -0.3 is 15.1 Å². The van der Waals surface area contributed by atoms with E-state index in [-0.39, 0.29) is 42.3 Å². The summed E-state index contributed by atoms with van der Waals surface area (Å²) in [6, 6.07) is 3.91. The molecule has 3 rings (SSSR count). The van der Waals surface area contributed by atoms with Gasteiger partial charge in [-0.15, -0.1) is 24.0 Å². The standard InChI is InChI=1S/C19H24F2N6O.HI/c1-13(14-4-5-16(20)17(21)8-14)9-23-19(22-2)26-6-7-27(18(28)12-26)15-10-24-25(3)11-15;/h4-5,8,10-11,13H,6-7,9,12H2,1-3H3,(H,22,23);1H. The molecule has 1 saturated heterocycles. The smallest absolute Gasteiger partial charge is 0.246 e. The SMILES string of the molecule is CN=C(NCC(C)c1ccc(F)c(F)c1)N1CCN(c2cnn(C)c2)C(=O)C1.I. The summed E-state index contributed by atoms with van der Waals surface area (Å²) in [5, 5.41) is 7.33. The second-order valence-electron chi connectivity index (χ2n) is 6.84. The number of piperazine rings is 1.